The molecular formula is C9H17Br. The fourth-order valence-corrected chi connectivity index (χ4v) is 2.71. The summed E-state index contributed by atoms with van der Waals surface area (Å²) < 4.78 is 0. The molecule has 0 spiro atoms. The normalized spacial score (nSPS) is 34.2. The van der Waals surface area contributed by atoms with Gasteiger partial charge in [0.05, 0.1) is 0 Å². The van der Waals surface area contributed by atoms with Gasteiger partial charge in [0.2, 0.25) is 0 Å². The molecule has 1 heteroatoms. The summed E-state index contributed by atoms with van der Waals surface area (Å²) in [5.41, 5.74) is 0. The Kier molecular flexibility index (Phi) is 3.75. The molecule has 0 bridgehead atoms. The van der Waals surface area contributed by atoms with Crippen LogP contribution in [-0.4, -0.2) is 4.83 Å². The van der Waals surface area contributed by atoms with E-state index in [1.165, 1.54) is 38.5 Å². The molecule has 10 heavy (non-hydrogen) atoms. The molecule has 1 fully saturated rings. The first kappa shape index (κ1) is 8.58. The molecule has 60 valence electrons. The molecule has 1 saturated carbocycles. The zero-order valence-corrected chi connectivity index (χ0v) is 8.36. The predicted molar refractivity (Wildman–Crippen MR) is 49.6 cm³/mol. The molecule has 0 aliphatic heterocycles. The van der Waals surface area contributed by atoms with Crippen LogP contribution >= 0.6 is 15.9 Å². The van der Waals surface area contributed by atoms with E-state index in [0.29, 0.717) is 0 Å². The molecule has 1 aliphatic carbocycles. The minimum absolute atomic E-state index is 0.834. The van der Waals surface area contributed by atoms with Crippen LogP contribution in [0.3, 0.4) is 0 Å². The van der Waals surface area contributed by atoms with Crippen molar-refractivity contribution < 1.29 is 0 Å². The van der Waals surface area contributed by atoms with Gasteiger partial charge in [0, 0.05) is 4.83 Å². The van der Waals surface area contributed by atoms with Crippen molar-refractivity contribution in [2.24, 2.45) is 5.92 Å². The van der Waals surface area contributed by atoms with Gasteiger partial charge in [-0.25, -0.2) is 0 Å². The van der Waals surface area contributed by atoms with Crippen LogP contribution in [0.5, 0.6) is 0 Å². The summed E-state index contributed by atoms with van der Waals surface area (Å²) in [5, 5.41) is 0. The molecule has 1 rings (SSSR count). The van der Waals surface area contributed by atoms with Gasteiger partial charge in [-0.15, -0.1) is 0 Å². The van der Waals surface area contributed by atoms with Gasteiger partial charge < -0.3 is 0 Å². The fourth-order valence-electron chi connectivity index (χ4n) is 1.86. The first-order chi connectivity index (χ1) is 4.84. The second-order valence-electron chi connectivity index (χ2n) is 3.35. The van der Waals surface area contributed by atoms with Crippen LogP contribution in [0.4, 0.5) is 0 Å². The number of hydrogen-bond donors (Lipinski definition) is 0. The van der Waals surface area contributed by atoms with E-state index in [1.807, 2.05) is 0 Å². The van der Waals surface area contributed by atoms with Gasteiger partial charge in [0.1, 0.15) is 0 Å². The summed E-state index contributed by atoms with van der Waals surface area (Å²) in [4.78, 5) is 0.834. The fraction of sp³-hybridized carbons (Fsp3) is 1.00. The maximum absolute atomic E-state index is 3.76. The third-order valence-corrected chi connectivity index (χ3v) is 3.68. The Hall–Kier alpha value is 0.480. The van der Waals surface area contributed by atoms with Crippen molar-refractivity contribution >= 4 is 15.9 Å². The van der Waals surface area contributed by atoms with E-state index in [0.717, 1.165) is 10.7 Å². The molecule has 0 saturated heterocycles. The highest BCUT2D eigenvalue weighted by Gasteiger charge is 2.21. The summed E-state index contributed by atoms with van der Waals surface area (Å²) in [7, 11) is 0. The summed E-state index contributed by atoms with van der Waals surface area (Å²) >= 11 is 3.76. The van der Waals surface area contributed by atoms with E-state index in [2.05, 4.69) is 22.9 Å². The molecule has 0 heterocycles. The lowest BCUT2D eigenvalue weighted by Crippen LogP contribution is -2.18. The molecule has 0 nitrogen and oxygen atoms in total. The van der Waals surface area contributed by atoms with Crippen molar-refractivity contribution in [1.82, 2.24) is 0 Å². The first-order valence-electron chi connectivity index (χ1n) is 4.48. The van der Waals surface area contributed by atoms with E-state index >= 15 is 0 Å². The Labute approximate surface area is 72.5 Å². The minimum Gasteiger partial charge on any atom is -0.0888 e. The van der Waals surface area contributed by atoms with Gasteiger partial charge in [-0.2, -0.15) is 0 Å². The van der Waals surface area contributed by atoms with Crippen LogP contribution < -0.4 is 0 Å². The maximum atomic E-state index is 3.76. The average Bonchev–Trinajstić information content (AvgIpc) is 1.94. The first-order valence-corrected chi connectivity index (χ1v) is 5.40. The Morgan fingerprint density at radius 1 is 1.30 bits per heavy atom. The van der Waals surface area contributed by atoms with E-state index in [9.17, 15) is 0 Å². The van der Waals surface area contributed by atoms with Gasteiger partial charge in [0.25, 0.3) is 0 Å². The summed E-state index contributed by atoms with van der Waals surface area (Å²) in [6.45, 7) is 2.29. The van der Waals surface area contributed by atoms with Gasteiger partial charge >= 0.3 is 0 Å². The van der Waals surface area contributed by atoms with Gasteiger partial charge in [-0.1, -0.05) is 42.1 Å². The lowest BCUT2D eigenvalue weighted by atomic mass is 9.86. The number of rotatable bonds is 2. The zero-order valence-electron chi connectivity index (χ0n) is 6.78. The van der Waals surface area contributed by atoms with Crippen molar-refractivity contribution in [3.63, 3.8) is 0 Å². The lowest BCUT2D eigenvalue weighted by molar-refractivity contribution is 0.352. The van der Waals surface area contributed by atoms with Crippen molar-refractivity contribution in [3.8, 4) is 0 Å². The van der Waals surface area contributed by atoms with Crippen molar-refractivity contribution in [2.45, 2.75) is 50.3 Å². The molecule has 1 aliphatic rings. The molecule has 0 unspecified atom stereocenters. The van der Waals surface area contributed by atoms with Crippen molar-refractivity contribution in [3.05, 3.63) is 0 Å². The topological polar surface area (TPSA) is 0 Å². The molecule has 0 N–H and O–H groups in total. The Morgan fingerprint density at radius 2 is 2.00 bits per heavy atom. The summed E-state index contributed by atoms with van der Waals surface area (Å²) in [6.07, 6.45) is 8.56. The highest BCUT2D eigenvalue weighted by molar-refractivity contribution is 9.09. The van der Waals surface area contributed by atoms with Crippen LogP contribution in [-0.2, 0) is 0 Å². The standard InChI is InChI=1S/C9H17Br/c1-2-5-8-6-3-4-7-9(8)10/h8-9H,2-7H2,1H3/t8-,9-/m1/s1. The third kappa shape index (κ3) is 2.26. The van der Waals surface area contributed by atoms with Gasteiger partial charge in [0.15, 0.2) is 0 Å². The second kappa shape index (κ2) is 4.38. The number of halogens is 1. The van der Waals surface area contributed by atoms with Gasteiger partial charge in [-0.3, -0.25) is 0 Å². The Bertz CT molecular complexity index is 88.7. The highest BCUT2D eigenvalue weighted by Crippen LogP contribution is 2.32. The van der Waals surface area contributed by atoms with Crippen LogP contribution in [0, 0.1) is 5.92 Å². The molecule has 2 atom stereocenters. The van der Waals surface area contributed by atoms with Gasteiger partial charge in [-0.05, 0) is 25.2 Å². The van der Waals surface area contributed by atoms with Crippen LogP contribution in [0.15, 0.2) is 0 Å². The number of hydrogen-bond acceptors (Lipinski definition) is 0. The quantitative estimate of drug-likeness (QED) is 0.602. The summed E-state index contributed by atoms with van der Waals surface area (Å²) in [6, 6.07) is 0. The average molecular weight is 205 g/mol. The van der Waals surface area contributed by atoms with E-state index < -0.39 is 0 Å². The van der Waals surface area contributed by atoms with E-state index in [1.54, 1.807) is 0 Å². The number of alkyl halides is 1. The van der Waals surface area contributed by atoms with Crippen LogP contribution in [0.2, 0.25) is 0 Å². The van der Waals surface area contributed by atoms with Crippen LogP contribution in [0.1, 0.15) is 45.4 Å². The monoisotopic (exact) mass is 204 g/mol. The second-order valence-corrected chi connectivity index (χ2v) is 4.53. The molecular weight excluding hydrogens is 188 g/mol. The molecule has 0 radical (unpaired) electrons. The zero-order chi connectivity index (χ0) is 7.40. The molecule has 0 amide bonds. The van der Waals surface area contributed by atoms with Crippen LogP contribution in [0.25, 0.3) is 0 Å². The highest BCUT2D eigenvalue weighted by atomic mass is 79.9. The maximum Gasteiger partial charge on any atom is 0.0174 e. The van der Waals surface area contributed by atoms with E-state index in [4.69, 9.17) is 0 Å². The molecule has 0 aromatic rings. The van der Waals surface area contributed by atoms with Crippen molar-refractivity contribution in [1.29, 1.82) is 0 Å². The Morgan fingerprint density at radius 3 is 2.60 bits per heavy atom. The largest absolute Gasteiger partial charge is 0.0888 e. The minimum atomic E-state index is 0.834. The smallest absolute Gasteiger partial charge is 0.0174 e. The van der Waals surface area contributed by atoms with E-state index in [-0.39, 0.29) is 0 Å². The lowest BCUT2D eigenvalue weighted by Gasteiger charge is -2.26. The molecule has 0 aromatic heterocycles. The predicted octanol–water partition coefficient (Wildman–Crippen LogP) is 3.74. The third-order valence-electron chi connectivity index (χ3n) is 2.48. The molecule has 0 aromatic carbocycles. The van der Waals surface area contributed by atoms with Crippen molar-refractivity contribution in [2.75, 3.05) is 0 Å². The SMILES string of the molecule is CCC[C@@H]1CCCC[C@H]1Br. The Balaban J connectivity index is 2.25. The summed E-state index contributed by atoms with van der Waals surface area (Å²) in [5.74, 6) is 0.985.